The van der Waals surface area contributed by atoms with E-state index < -0.39 is 5.97 Å². The fraction of sp³-hybridized carbons (Fsp3) is 0.773. The number of rotatable bonds is 18. The minimum Gasteiger partial charge on any atom is -0.478 e. The van der Waals surface area contributed by atoms with Gasteiger partial charge in [-0.05, 0) is 38.5 Å². The summed E-state index contributed by atoms with van der Waals surface area (Å²) in [6.07, 6.45) is 28.5. The van der Waals surface area contributed by atoms with Gasteiger partial charge in [-0.15, -0.1) is 0 Å². The maximum atomic E-state index is 10.3. The van der Waals surface area contributed by atoms with E-state index in [1.54, 1.807) is 6.08 Å². The molecule has 0 aliphatic rings. The molecular weight excluding hydrogens is 296 g/mol. The number of unbranched alkanes of at least 4 members (excludes halogenated alkanes) is 14. The molecule has 0 spiro atoms. The molecule has 0 unspecified atom stereocenters. The second-order valence-corrected chi connectivity index (χ2v) is 6.82. The normalized spacial score (nSPS) is 11.7. The van der Waals surface area contributed by atoms with Crippen LogP contribution in [0.2, 0.25) is 0 Å². The van der Waals surface area contributed by atoms with E-state index in [9.17, 15) is 4.79 Å². The van der Waals surface area contributed by atoms with Crippen LogP contribution in [0.3, 0.4) is 0 Å². The third kappa shape index (κ3) is 20.9. The third-order valence-electron chi connectivity index (χ3n) is 4.39. The first kappa shape index (κ1) is 22.9. The molecular formula is C22H40O2. The summed E-state index contributed by atoms with van der Waals surface area (Å²) in [5.41, 5.74) is 0. The second-order valence-electron chi connectivity index (χ2n) is 6.82. The molecule has 0 rings (SSSR count). The van der Waals surface area contributed by atoms with Crippen LogP contribution in [0.25, 0.3) is 0 Å². The number of carboxylic acids is 1. The number of carboxylic acid groups (broad SMARTS) is 1. The van der Waals surface area contributed by atoms with Crippen molar-refractivity contribution in [2.75, 3.05) is 0 Å². The molecule has 0 aliphatic carbocycles. The first-order chi connectivity index (χ1) is 11.8. The van der Waals surface area contributed by atoms with Crippen LogP contribution in [-0.2, 0) is 4.79 Å². The van der Waals surface area contributed by atoms with Crippen molar-refractivity contribution in [2.45, 2.75) is 110 Å². The summed E-state index contributed by atoms with van der Waals surface area (Å²) in [4.78, 5) is 10.3. The van der Waals surface area contributed by atoms with Crippen molar-refractivity contribution in [1.82, 2.24) is 0 Å². The van der Waals surface area contributed by atoms with Crippen molar-refractivity contribution in [2.24, 2.45) is 0 Å². The predicted molar refractivity (Wildman–Crippen MR) is 105 cm³/mol. The minimum absolute atomic E-state index is 0.835. The molecule has 0 aromatic rings. The summed E-state index contributed by atoms with van der Waals surface area (Å²) >= 11 is 0. The van der Waals surface area contributed by atoms with E-state index in [1.807, 2.05) is 0 Å². The van der Waals surface area contributed by atoms with Gasteiger partial charge in [-0.1, -0.05) is 89.4 Å². The zero-order valence-corrected chi connectivity index (χ0v) is 16.0. The van der Waals surface area contributed by atoms with Gasteiger partial charge in [0.15, 0.2) is 0 Å². The maximum Gasteiger partial charge on any atom is 0.327 e. The first-order valence-electron chi connectivity index (χ1n) is 10.3. The lowest BCUT2D eigenvalue weighted by molar-refractivity contribution is -0.131. The number of carbonyl (C=O) groups is 1. The Bertz CT molecular complexity index is 318. The van der Waals surface area contributed by atoms with Crippen LogP contribution in [0.4, 0.5) is 0 Å². The zero-order chi connectivity index (χ0) is 17.7. The average Bonchev–Trinajstić information content (AvgIpc) is 2.56. The molecule has 2 nitrogen and oxygen atoms in total. The van der Waals surface area contributed by atoms with Gasteiger partial charge in [-0.25, -0.2) is 4.79 Å². The molecule has 0 amide bonds. The van der Waals surface area contributed by atoms with E-state index in [0.717, 1.165) is 12.8 Å². The highest BCUT2D eigenvalue weighted by molar-refractivity contribution is 5.79. The van der Waals surface area contributed by atoms with Crippen molar-refractivity contribution < 1.29 is 9.90 Å². The van der Waals surface area contributed by atoms with Gasteiger partial charge in [-0.3, -0.25) is 0 Å². The fourth-order valence-electron chi connectivity index (χ4n) is 2.87. The monoisotopic (exact) mass is 336 g/mol. The highest BCUT2D eigenvalue weighted by atomic mass is 16.4. The van der Waals surface area contributed by atoms with Gasteiger partial charge >= 0.3 is 5.97 Å². The summed E-state index contributed by atoms with van der Waals surface area (Å²) in [7, 11) is 0. The summed E-state index contributed by atoms with van der Waals surface area (Å²) in [5, 5.41) is 8.47. The largest absolute Gasteiger partial charge is 0.478 e. The zero-order valence-electron chi connectivity index (χ0n) is 16.0. The first-order valence-corrected chi connectivity index (χ1v) is 10.3. The van der Waals surface area contributed by atoms with E-state index in [-0.39, 0.29) is 0 Å². The number of hydrogen-bond acceptors (Lipinski definition) is 1. The highest BCUT2D eigenvalue weighted by Crippen LogP contribution is 2.12. The van der Waals surface area contributed by atoms with Crippen LogP contribution < -0.4 is 0 Å². The molecule has 140 valence electrons. The number of hydrogen-bond donors (Lipinski definition) is 1. The number of allylic oxidation sites excluding steroid dienone is 3. The van der Waals surface area contributed by atoms with Crippen LogP contribution in [0.5, 0.6) is 0 Å². The fourth-order valence-corrected chi connectivity index (χ4v) is 2.87. The van der Waals surface area contributed by atoms with Crippen LogP contribution >= 0.6 is 0 Å². The molecule has 0 saturated heterocycles. The molecule has 24 heavy (non-hydrogen) atoms. The van der Waals surface area contributed by atoms with Crippen molar-refractivity contribution in [3.8, 4) is 0 Å². The Balaban J connectivity index is 3.08. The van der Waals surface area contributed by atoms with Crippen LogP contribution in [0.15, 0.2) is 24.3 Å². The van der Waals surface area contributed by atoms with Gasteiger partial charge in [0, 0.05) is 6.08 Å². The van der Waals surface area contributed by atoms with Crippen molar-refractivity contribution in [1.29, 1.82) is 0 Å². The Morgan fingerprint density at radius 3 is 1.42 bits per heavy atom. The van der Waals surface area contributed by atoms with E-state index in [1.165, 1.54) is 96.0 Å². The number of aliphatic carboxylic acids is 1. The molecule has 0 fully saturated rings. The molecule has 0 heterocycles. The SMILES string of the molecule is CCCCCC=CCCCCCCCCCCCCC=CC(=O)O. The van der Waals surface area contributed by atoms with Crippen LogP contribution in [0, 0.1) is 0 Å². The van der Waals surface area contributed by atoms with E-state index in [0.29, 0.717) is 0 Å². The van der Waals surface area contributed by atoms with Crippen LogP contribution in [-0.4, -0.2) is 11.1 Å². The average molecular weight is 337 g/mol. The Labute approximate surface area is 150 Å². The molecule has 0 aromatic heterocycles. The summed E-state index contributed by atoms with van der Waals surface area (Å²) in [5.74, 6) is -0.835. The summed E-state index contributed by atoms with van der Waals surface area (Å²) in [6, 6.07) is 0. The van der Waals surface area contributed by atoms with Crippen molar-refractivity contribution in [3.05, 3.63) is 24.3 Å². The second kappa shape index (κ2) is 20.0. The lowest BCUT2D eigenvalue weighted by Gasteiger charge is -2.02. The van der Waals surface area contributed by atoms with Crippen LogP contribution in [0.1, 0.15) is 110 Å². The topological polar surface area (TPSA) is 37.3 Å². The standard InChI is InChI=1S/C22H40O2/c1-2-3-4-5-6-7-8-9-10-11-12-13-14-15-16-17-18-19-20-21-22(23)24/h6-7,20-21H,2-5,8-19H2,1H3,(H,23,24). The van der Waals surface area contributed by atoms with Crippen molar-refractivity contribution >= 4 is 5.97 Å². The molecule has 0 atom stereocenters. The lowest BCUT2D eigenvalue weighted by Crippen LogP contribution is -1.86. The van der Waals surface area contributed by atoms with E-state index in [4.69, 9.17) is 5.11 Å². The van der Waals surface area contributed by atoms with E-state index in [2.05, 4.69) is 19.1 Å². The third-order valence-corrected chi connectivity index (χ3v) is 4.39. The molecule has 0 aliphatic heterocycles. The van der Waals surface area contributed by atoms with Gasteiger partial charge in [-0.2, -0.15) is 0 Å². The quantitative estimate of drug-likeness (QED) is 0.160. The van der Waals surface area contributed by atoms with Gasteiger partial charge in [0.1, 0.15) is 0 Å². The molecule has 0 radical (unpaired) electrons. The molecule has 2 heteroatoms. The van der Waals surface area contributed by atoms with E-state index >= 15 is 0 Å². The van der Waals surface area contributed by atoms with Gasteiger partial charge < -0.3 is 5.11 Å². The smallest absolute Gasteiger partial charge is 0.327 e. The highest BCUT2D eigenvalue weighted by Gasteiger charge is 1.93. The van der Waals surface area contributed by atoms with Gasteiger partial charge in [0.25, 0.3) is 0 Å². The summed E-state index contributed by atoms with van der Waals surface area (Å²) in [6.45, 7) is 2.26. The Morgan fingerprint density at radius 1 is 0.625 bits per heavy atom. The van der Waals surface area contributed by atoms with Crippen molar-refractivity contribution in [3.63, 3.8) is 0 Å². The maximum absolute atomic E-state index is 10.3. The molecule has 0 bridgehead atoms. The molecule has 0 aromatic carbocycles. The molecule has 0 saturated carbocycles. The Hall–Kier alpha value is -1.05. The van der Waals surface area contributed by atoms with Gasteiger partial charge in [0.2, 0.25) is 0 Å². The Morgan fingerprint density at radius 2 is 1.00 bits per heavy atom. The Kier molecular flexibility index (Phi) is 19.1. The minimum atomic E-state index is -0.835. The molecule has 1 N–H and O–H groups in total. The predicted octanol–water partition coefficient (Wildman–Crippen LogP) is 7.44. The summed E-state index contributed by atoms with van der Waals surface area (Å²) < 4.78 is 0. The lowest BCUT2D eigenvalue weighted by atomic mass is 10.0. The van der Waals surface area contributed by atoms with Gasteiger partial charge in [0.05, 0.1) is 0 Å².